The zero-order valence-corrected chi connectivity index (χ0v) is 12.9. The third-order valence-corrected chi connectivity index (χ3v) is 4.49. The van der Waals surface area contributed by atoms with Gasteiger partial charge in [0.05, 0.1) is 13.2 Å². The van der Waals surface area contributed by atoms with Crippen molar-refractivity contribution in [3.63, 3.8) is 0 Å². The van der Waals surface area contributed by atoms with E-state index in [1.165, 1.54) is 0 Å². The number of aliphatic carboxylic acids is 1. The van der Waals surface area contributed by atoms with Crippen LogP contribution in [0.3, 0.4) is 0 Å². The Labute approximate surface area is 119 Å². The summed E-state index contributed by atoms with van der Waals surface area (Å²) in [6, 6.07) is -1.16. The predicted molar refractivity (Wildman–Crippen MR) is 73.7 cm³/mol. The van der Waals surface area contributed by atoms with E-state index in [2.05, 4.69) is 0 Å². The maximum Gasteiger partial charge on any atom is 0.346 e. The van der Waals surface area contributed by atoms with Gasteiger partial charge >= 0.3 is 13.6 Å². The van der Waals surface area contributed by atoms with E-state index in [0.29, 0.717) is 24.4 Å². The minimum absolute atomic E-state index is 0.149. The van der Waals surface area contributed by atoms with Crippen LogP contribution in [0, 0.1) is 0 Å². The molecule has 0 saturated carbocycles. The largest absolute Gasteiger partial charge is 0.480 e. The molecule has 0 rings (SSSR count). The smallest absolute Gasteiger partial charge is 0.346 e. The maximum absolute atomic E-state index is 12.2. The molecule has 0 aromatic rings. The summed E-state index contributed by atoms with van der Waals surface area (Å²) in [6.07, 6.45) is 0.944. The fraction of sp³-hybridized carbons (Fsp3) is 0.909. The third kappa shape index (κ3) is 7.33. The van der Waals surface area contributed by atoms with Crippen molar-refractivity contribution in [2.45, 2.75) is 39.2 Å². The lowest BCUT2D eigenvalue weighted by molar-refractivity contribution is -0.166. The Bertz CT molecular complexity index is 318. The number of hydrogen-bond acceptors (Lipinski definition) is 7. The second-order valence-electron chi connectivity index (χ2n) is 4.17. The fourth-order valence-electron chi connectivity index (χ4n) is 1.67. The molecule has 0 aromatic heterocycles. The lowest BCUT2D eigenvalue weighted by Gasteiger charge is -2.26. The topological polar surface area (TPSA) is 122 Å². The minimum Gasteiger partial charge on any atom is -0.480 e. The van der Waals surface area contributed by atoms with Gasteiger partial charge in [0, 0.05) is 0 Å². The number of nitrogens with two attached hydrogens (primary N) is 1. The van der Waals surface area contributed by atoms with Gasteiger partial charge in [0.15, 0.2) is 0 Å². The van der Waals surface area contributed by atoms with E-state index in [9.17, 15) is 14.6 Å². The fourth-order valence-corrected chi connectivity index (χ4v) is 3.25. The van der Waals surface area contributed by atoms with Crippen molar-refractivity contribution in [1.29, 1.82) is 0 Å². The molecule has 0 unspecified atom stereocenters. The standard InChI is InChI=1S/C11H25N2O6P/c1-3-18-20(17,19-4-2)9-13(16)10(11(14)15)7-5-6-8-12/h10,16H,3-9,12H2,1-2H3,(H,14,15)/t10-/m0/s1. The lowest BCUT2D eigenvalue weighted by atomic mass is 10.1. The number of rotatable bonds is 12. The zero-order chi connectivity index (χ0) is 15.6. The molecule has 120 valence electrons. The second-order valence-corrected chi connectivity index (χ2v) is 6.19. The molecule has 0 heterocycles. The van der Waals surface area contributed by atoms with Gasteiger partial charge in [0.1, 0.15) is 12.3 Å². The van der Waals surface area contributed by atoms with E-state index in [1.807, 2.05) is 0 Å². The highest BCUT2D eigenvalue weighted by molar-refractivity contribution is 7.53. The number of hydrogen-bond donors (Lipinski definition) is 3. The molecule has 0 aliphatic carbocycles. The van der Waals surface area contributed by atoms with Gasteiger partial charge in [-0.3, -0.25) is 9.36 Å². The molecule has 0 aliphatic heterocycles. The monoisotopic (exact) mass is 312 g/mol. The molecule has 0 fully saturated rings. The van der Waals surface area contributed by atoms with Gasteiger partial charge in [-0.15, -0.1) is 0 Å². The van der Waals surface area contributed by atoms with Gasteiger partial charge in [0.25, 0.3) is 0 Å². The lowest BCUT2D eigenvalue weighted by Crippen LogP contribution is -2.39. The van der Waals surface area contributed by atoms with E-state index in [1.54, 1.807) is 13.8 Å². The van der Waals surface area contributed by atoms with Crippen LogP contribution in [0.15, 0.2) is 0 Å². The predicted octanol–water partition coefficient (Wildman–Crippen LogP) is 1.48. The molecule has 0 saturated heterocycles. The van der Waals surface area contributed by atoms with Gasteiger partial charge in [-0.05, 0) is 39.7 Å². The van der Waals surface area contributed by atoms with Crippen LogP contribution in [0.1, 0.15) is 33.1 Å². The Balaban J connectivity index is 4.66. The summed E-state index contributed by atoms with van der Waals surface area (Å²) in [5.74, 6) is -1.19. The first-order valence-corrected chi connectivity index (χ1v) is 8.39. The Kier molecular flexibility index (Phi) is 10.0. The Morgan fingerprint density at radius 1 is 1.30 bits per heavy atom. The molecule has 8 nitrogen and oxygen atoms in total. The Morgan fingerprint density at radius 3 is 2.25 bits per heavy atom. The molecular formula is C11H25N2O6P. The summed E-state index contributed by atoms with van der Waals surface area (Å²) >= 11 is 0. The van der Waals surface area contributed by atoms with Crippen molar-refractivity contribution in [1.82, 2.24) is 5.06 Å². The first-order chi connectivity index (χ1) is 9.40. The number of carbonyl (C=O) groups is 1. The van der Waals surface area contributed by atoms with E-state index < -0.39 is 25.9 Å². The highest BCUT2D eigenvalue weighted by Gasteiger charge is 2.33. The number of carboxylic acids is 1. The number of carboxylic acid groups (broad SMARTS) is 1. The summed E-state index contributed by atoms with van der Waals surface area (Å²) in [5, 5.41) is 19.5. The summed E-state index contributed by atoms with van der Waals surface area (Å²) in [7, 11) is -3.52. The number of hydroxylamine groups is 2. The molecule has 0 amide bonds. The van der Waals surface area contributed by atoms with Crippen LogP contribution in [0.2, 0.25) is 0 Å². The van der Waals surface area contributed by atoms with Crippen LogP contribution in [0.5, 0.6) is 0 Å². The van der Waals surface area contributed by atoms with Crippen molar-refractivity contribution in [2.24, 2.45) is 5.73 Å². The summed E-state index contributed by atoms with van der Waals surface area (Å²) < 4.78 is 22.3. The summed E-state index contributed by atoms with van der Waals surface area (Å²) in [6.45, 7) is 4.03. The molecule has 0 radical (unpaired) electrons. The maximum atomic E-state index is 12.2. The normalized spacial score (nSPS) is 13.7. The number of unbranched alkanes of at least 4 members (excludes halogenated alkanes) is 1. The third-order valence-electron chi connectivity index (χ3n) is 2.55. The van der Waals surface area contributed by atoms with Crippen LogP contribution in [-0.2, 0) is 18.4 Å². The van der Waals surface area contributed by atoms with Gasteiger partial charge < -0.3 is 25.1 Å². The highest BCUT2D eigenvalue weighted by Crippen LogP contribution is 2.48. The zero-order valence-electron chi connectivity index (χ0n) is 12.0. The van der Waals surface area contributed by atoms with Gasteiger partial charge in [-0.25, -0.2) is 0 Å². The molecule has 0 spiro atoms. The van der Waals surface area contributed by atoms with Crippen LogP contribution >= 0.6 is 7.60 Å². The first kappa shape index (κ1) is 19.5. The van der Waals surface area contributed by atoms with E-state index >= 15 is 0 Å². The average Bonchev–Trinajstić information content (AvgIpc) is 2.34. The van der Waals surface area contributed by atoms with Gasteiger partial charge in [-0.1, -0.05) is 0 Å². The Hall–Kier alpha value is -0.500. The molecule has 0 aromatic carbocycles. The molecular weight excluding hydrogens is 287 g/mol. The van der Waals surface area contributed by atoms with Crippen molar-refractivity contribution in [2.75, 3.05) is 26.0 Å². The Morgan fingerprint density at radius 2 is 1.85 bits per heavy atom. The van der Waals surface area contributed by atoms with Crippen molar-refractivity contribution < 1.29 is 28.7 Å². The molecule has 0 aliphatic rings. The van der Waals surface area contributed by atoms with E-state index in [-0.39, 0.29) is 19.6 Å². The minimum atomic E-state index is -3.52. The highest BCUT2D eigenvalue weighted by atomic mass is 31.2. The number of nitrogens with zero attached hydrogens (tertiary/aromatic N) is 1. The van der Waals surface area contributed by atoms with Crippen molar-refractivity contribution >= 4 is 13.6 Å². The second kappa shape index (κ2) is 10.3. The molecule has 0 bridgehead atoms. The SMILES string of the molecule is CCOP(=O)(CN(O)[C@@H](CCCCN)C(=O)O)OCC. The van der Waals surface area contributed by atoms with Crippen LogP contribution in [-0.4, -0.2) is 53.4 Å². The van der Waals surface area contributed by atoms with Crippen LogP contribution in [0.4, 0.5) is 0 Å². The quantitative estimate of drug-likeness (QED) is 0.281. The summed E-state index contributed by atoms with van der Waals surface area (Å²) in [4.78, 5) is 11.1. The van der Waals surface area contributed by atoms with Crippen molar-refractivity contribution in [3.05, 3.63) is 0 Å². The van der Waals surface area contributed by atoms with Gasteiger partial charge in [0.2, 0.25) is 0 Å². The molecule has 1 atom stereocenters. The van der Waals surface area contributed by atoms with E-state index in [4.69, 9.17) is 19.9 Å². The van der Waals surface area contributed by atoms with Crippen molar-refractivity contribution in [3.8, 4) is 0 Å². The first-order valence-electron chi connectivity index (χ1n) is 6.66. The van der Waals surface area contributed by atoms with Crippen LogP contribution < -0.4 is 5.73 Å². The van der Waals surface area contributed by atoms with E-state index in [0.717, 1.165) is 0 Å². The summed E-state index contributed by atoms with van der Waals surface area (Å²) in [5.41, 5.74) is 5.34. The molecule has 4 N–H and O–H groups in total. The van der Waals surface area contributed by atoms with Crippen LogP contribution in [0.25, 0.3) is 0 Å². The molecule has 20 heavy (non-hydrogen) atoms. The van der Waals surface area contributed by atoms with Gasteiger partial charge in [-0.2, -0.15) is 5.06 Å². The molecule has 9 heteroatoms. The average molecular weight is 312 g/mol.